The minimum atomic E-state index is -0.811. The molecular formula is C35H22FN3O2S2. The van der Waals surface area contributed by atoms with Gasteiger partial charge in [-0.3, -0.25) is 8.77 Å². The second-order valence-corrected chi connectivity index (χ2v) is 12.3. The summed E-state index contributed by atoms with van der Waals surface area (Å²) < 4.78 is 17.0. The lowest BCUT2D eigenvalue weighted by Crippen LogP contribution is -1.94. The number of halogens is 1. The number of rotatable bonds is 6. The van der Waals surface area contributed by atoms with E-state index in [0.29, 0.717) is 4.88 Å². The third-order valence-electron chi connectivity index (χ3n) is 7.87. The van der Waals surface area contributed by atoms with Gasteiger partial charge >= 0.3 is 5.91 Å². The van der Waals surface area contributed by atoms with Gasteiger partial charge in [0.2, 0.25) is 0 Å². The van der Waals surface area contributed by atoms with E-state index in [1.54, 1.807) is 48.3 Å². The van der Waals surface area contributed by atoms with E-state index in [2.05, 4.69) is 39.5 Å². The Hall–Kier alpha value is -4.84. The van der Waals surface area contributed by atoms with Crippen LogP contribution >= 0.6 is 23.3 Å². The smallest absolute Gasteiger partial charge is 0.279 e. The number of carbonyl (C=O) groups excluding carboxylic acids is 1. The number of nitroso groups, excluding NO2 is 1. The van der Waals surface area contributed by atoms with Gasteiger partial charge in [-0.25, -0.2) is 4.39 Å². The lowest BCUT2D eigenvalue weighted by molar-refractivity contribution is 0.100. The minimum absolute atomic E-state index is 0.228. The maximum Gasteiger partial charge on any atom is 0.316 e. The molecule has 1 aliphatic rings. The molecule has 2 heterocycles. The van der Waals surface area contributed by atoms with Crippen molar-refractivity contribution in [2.75, 3.05) is 0 Å². The first-order valence-electron chi connectivity index (χ1n) is 13.7. The van der Waals surface area contributed by atoms with Crippen LogP contribution in [0.15, 0.2) is 106 Å². The predicted molar refractivity (Wildman–Crippen MR) is 171 cm³/mol. The summed E-state index contributed by atoms with van der Waals surface area (Å²) in [5.74, 6) is -1.16. The van der Waals surface area contributed by atoms with Gasteiger partial charge in [-0.05, 0) is 113 Å². The molecule has 6 aromatic rings. The molecule has 0 saturated heterocycles. The molecule has 0 spiro atoms. The fourth-order valence-corrected chi connectivity index (χ4v) is 7.64. The highest BCUT2D eigenvalue weighted by Crippen LogP contribution is 2.47. The molecule has 0 radical (unpaired) electrons. The van der Waals surface area contributed by atoms with Crippen molar-refractivity contribution in [2.24, 2.45) is 5.18 Å². The highest BCUT2D eigenvalue weighted by Gasteiger charge is 2.25. The Balaban J connectivity index is 1.46. The minimum Gasteiger partial charge on any atom is -0.279 e. The molecular weight excluding hydrogens is 578 g/mol. The molecule has 8 heteroatoms. The third kappa shape index (κ3) is 4.87. The van der Waals surface area contributed by atoms with Crippen molar-refractivity contribution < 1.29 is 9.18 Å². The van der Waals surface area contributed by atoms with Gasteiger partial charge in [0.1, 0.15) is 16.8 Å². The van der Waals surface area contributed by atoms with Gasteiger partial charge in [0, 0.05) is 37.7 Å². The van der Waals surface area contributed by atoms with Crippen molar-refractivity contribution in [1.82, 2.24) is 3.97 Å². The maximum absolute atomic E-state index is 14.8. The van der Waals surface area contributed by atoms with Crippen LogP contribution in [0.2, 0.25) is 0 Å². The van der Waals surface area contributed by atoms with E-state index < -0.39 is 5.91 Å². The number of carbonyl (C=O) groups is 1. The molecule has 1 aliphatic carbocycles. The monoisotopic (exact) mass is 599 g/mol. The van der Waals surface area contributed by atoms with Crippen molar-refractivity contribution in [3.05, 3.63) is 129 Å². The fraction of sp³-hybridized carbons (Fsp3) is 0.0857. The highest BCUT2D eigenvalue weighted by atomic mass is 32.2. The summed E-state index contributed by atoms with van der Waals surface area (Å²) in [5.41, 5.74) is 8.92. The summed E-state index contributed by atoms with van der Waals surface area (Å²) in [6.07, 6.45) is 3.33. The number of hydrogen-bond donors (Lipinski definition) is 0. The molecule has 208 valence electrons. The second-order valence-electron chi connectivity index (χ2n) is 10.4. The molecule has 0 saturated carbocycles. The van der Waals surface area contributed by atoms with Crippen LogP contribution in [0.3, 0.4) is 0 Å². The summed E-state index contributed by atoms with van der Waals surface area (Å²) in [5, 5.41) is 15.1. The summed E-state index contributed by atoms with van der Waals surface area (Å²) in [7, 11) is 0. The van der Waals surface area contributed by atoms with E-state index in [-0.39, 0.29) is 11.4 Å². The number of aromatic nitrogens is 1. The number of nitrogens with zero attached hydrogens (tertiary/aromatic N) is 3. The van der Waals surface area contributed by atoms with E-state index in [1.165, 1.54) is 28.5 Å². The van der Waals surface area contributed by atoms with Crippen LogP contribution in [0.4, 0.5) is 4.39 Å². The Labute approximate surface area is 255 Å². The topological polar surface area (TPSA) is 75.2 Å². The van der Waals surface area contributed by atoms with Crippen molar-refractivity contribution in [1.29, 1.82) is 5.26 Å². The number of thiophene rings is 1. The number of benzene rings is 4. The molecule has 0 fully saturated rings. The Bertz CT molecular complexity index is 2100. The quantitative estimate of drug-likeness (QED) is 0.179. The largest absolute Gasteiger partial charge is 0.316 e. The number of nitriles is 1. The zero-order valence-corrected chi connectivity index (χ0v) is 24.3. The number of amides is 1. The van der Waals surface area contributed by atoms with Crippen molar-refractivity contribution >= 4 is 40.1 Å². The summed E-state index contributed by atoms with van der Waals surface area (Å²) in [4.78, 5) is 24.1. The second kappa shape index (κ2) is 11.1. The van der Waals surface area contributed by atoms with Gasteiger partial charge < -0.3 is 0 Å². The first kappa shape index (κ1) is 27.0. The Kier molecular flexibility index (Phi) is 6.98. The van der Waals surface area contributed by atoms with E-state index in [4.69, 9.17) is 0 Å². The molecule has 0 aliphatic heterocycles. The Morgan fingerprint density at radius 3 is 2.53 bits per heavy atom. The van der Waals surface area contributed by atoms with E-state index in [1.807, 2.05) is 29.6 Å². The van der Waals surface area contributed by atoms with Crippen LogP contribution in [-0.4, -0.2) is 9.88 Å². The van der Waals surface area contributed by atoms with Gasteiger partial charge in [0.15, 0.2) is 0 Å². The first-order valence-corrected chi connectivity index (χ1v) is 15.4. The molecule has 0 bridgehead atoms. The summed E-state index contributed by atoms with van der Waals surface area (Å²) in [6, 6.07) is 30.4. The molecule has 1 amide bonds. The lowest BCUT2D eigenvalue weighted by atomic mass is 9.96. The predicted octanol–water partition coefficient (Wildman–Crippen LogP) is 9.67. The molecule has 0 unspecified atom stereocenters. The van der Waals surface area contributed by atoms with Crippen LogP contribution in [0, 0.1) is 22.1 Å². The average Bonchev–Trinajstić information content (AvgIpc) is 3.78. The van der Waals surface area contributed by atoms with Crippen LogP contribution < -0.4 is 0 Å². The third-order valence-corrected chi connectivity index (χ3v) is 9.72. The fourth-order valence-electron chi connectivity index (χ4n) is 5.87. The first-order chi connectivity index (χ1) is 21.0. The summed E-state index contributed by atoms with van der Waals surface area (Å²) in [6.45, 7) is 0. The van der Waals surface area contributed by atoms with E-state index in [0.717, 1.165) is 68.6 Å². The Morgan fingerprint density at radius 1 is 0.907 bits per heavy atom. The van der Waals surface area contributed by atoms with Crippen LogP contribution in [0.25, 0.3) is 44.4 Å². The Morgan fingerprint density at radius 2 is 1.72 bits per heavy atom. The van der Waals surface area contributed by atoms with Gasteiger partial charge in [0.25, 0.3) is 0 Å². The van der Waals surface area contributed by atoms with Gasteiger partial charge in [-0.1, -0.05) is 36.4 Å². The van der Waals surface area contributed by atoms with E-state index in [9.17, 15) is 19.4 Å². The molecule has 43 heavy (non-hydrogen) atoms. The number of fused-ring (bicyclic) bond motifs is 2. The standard InChI is InChI=1S/C35H22FN3O2S2/c36-27-12-14-31-30(19-27)33(29-15-16-42-32(29)20-37)34(39(31)43-28-13-11-21-3-1-5-25(21)18-28)26-6-2-4-24(17-26)22-7-9-23(10-8-22)35(40)38-41/h2,4,6-19H,1,3,5H2. The van der Waals surface area contributed by atoms with E-state index >= 15 is 0 Å². The van der Waals surface area contributed by atoms with Gasteiger partial charge in [0.05, 0.1) is 11.2 Å². The average molecular weight is 600 g/mol. The van der Waals surface area contributed by atoms with Crippen molar-refractivity contribution in [3.8, 4) is 39.6 Å². The number of aryl methyl sites for hydroxylation is 2. The maximum atomic E-state index is 14.8. The molecule has 7 rings (SSSR count). The molecule has 0 atom stereocenters. The van der Waals surface area contributed by atoms with Gasteiger partial charge in [-0.2, -0.15) is 5.26 Å². The van der Waals surface area contributed by atoms with Crippen LogP contribution in [0.1, 0.15) is 32.8 Å². The lowest BCUT2D eigenvalue weighted by Gasteiger charge is -2.14. The molecule has 2 aromatic heterocycles. The SMILES string of the molecule is N#Cc1sccc1-c1c(-c2cccc(-c3ccc(C(=O)N=O)cc3)c2)n(Sc2ccc3c(c2)CCC3)c2ccc(F)cc12. The zero-order valence-electron chi connectivity index (χ0n) is 22.7. The molecule has 4 aromatic carbocycles. The number of hydrogen-bond acceptors (Lipinski definition) is 5. The van der Waals surface area contributed by atoms with Crippen molar-refractivity contribution in [3.63, 3.8) is 0 Å². The normalized spacial score (nSPS) is 12.3. The highest BCUT2D eigenvalue weighted by molar-refractivity contribution is 7.98. The molecule has 0 N–H and O–H groups in total. The van der Waals surface area contributed by atoms with Crippen LogP contribution in [0.5, 0.6) is 0 Å². The summed E-state index contributed by atoms with van der Waals surface area (Å²) >= 11 is 2.95. The van der Waals surface area contributed by atoms with Crippen LogP contribution in [-0.2, 0) is 12.8 Å². The molecule has 5 nitrogen and oxygen atoms in total. The zero-order chi connectivity index (χ0) is 29.5. The van der Waals surface area contributed by atoms with Crippen molar-refractivity contribution in [2.45, 2.75) is 24.2 Å². The van der Waals surface area contributed by atoms with Gasteiger partial charge in [-0.15, -0.1) is 16.2 Å².